The first-order chi connectivity index (χ1) is 9.77. The fourth-order valence-corrected chi connectivity index (χ4v) is 3.41. The van der Waals surface area contributed by atoms with Crippen molar-refractivity contribution in [1.82, 2.24) is 9.55 Å². The maximum Gasteiger partial charge on any atom is 0.0957 e. The number of aliphatic hydroxyl groups excluding tert-OH is 1. The van der Waals surface area contributed by atoms with E-state index in [2.05, 4.69) is 26.7 Å². The molecule has 1 aliphatic heterocycles. The molecule has 20 heavy (non-hydrogen) atoms. The minimum absolute atomic E-state index is 0.0517. The molecule has 1 fully saturated rings. The van der Waals surface area contributed by atoms with E-state index in [1.165, 1.54) is 11.1 Å². The Kier molecular flexibility index (Phi) is 2.39. The number of rotatable bonds is 3. The SMILES string of the molecule is CN=CC1([C@H](O)[C@H]2c3ccccc3-c3cncn32)CC1. The predicted molar refractivity (Wildman–Crippen MR) is 77.9 cm³/mol. The van der Waals surface area contributed by atoms with Gasteiger partial charge in [0.15, 0.2) is 0 Å². The topological polar surface area (TPSA) is 50.4 Å². The molecule has 2 aliphatic rings. The van der Waals surface area contributed by atoms with Crippen LogP contribution in [0.5, 0.6) is 0 Å². The summed E-state index contributed by atoms with van der Waals surface area (Å²) >= 11 is 0. The molecule has 4 nitrogen and oxygen atoms in total. The molecule has 0 spiro atoms. The highest BCUT2D eigenvalue weighted by Crippen LogP contribution is 2.54. The minimum Gasteiger partial charge on any atom is -0.390 e. The summed E-state index contributed by atoms with van der Waals surface area (Å²) < 4.78 is 2.10. The van der Waals surface area contributed by atoms with Crippen molar-refractivity contribution in [3.05, 3.63) is 42.4 Å². The lowest BCUT2D eigenvalue weighted by atomic mass is 9.89. The third-order valence-corrected chi connectivity index (χ3v) is 4.62. The van der Waals surface area contributed by atoms with E-state index >= 15 is 0 Å². The van der Waals surface area contributed by atoms with Crippen molar-refractivity contribution in [1.29, 1.82) is 0 Å². The van der Waals surface area contributed by atoms with Crippen LogP contribution < -0.4 is 0 Å². The van der Waals surface area contributed by atoms with Crippen LogP contribution in [0.3, 0.4) is 0 Å². The Hall–Kier alpha value is -1.94. The number of aliphatic imine (C=N–C) groups is 1. The monoisotopic (exact) mass is 267 g/mol. The van der Waals surface area contributed by atoms with Gasteiger partial charge in [-0.05, 0) is 18.4 Å². The summed E-state index contributed by atoms with van der Waals surface area (Å²) in [5.74, 6) is 0. The van der Waals surface area contributed by atoms with Gasteiger partial charge in [-0.15, -0.1) is 0 Å². The number of aliphatic hydroxyl groups is 1. The van der Waals surface area contributed by atoms with E-state index in [1.54, 1.807) is 7.05 Å². The van der Waals surface area contributed by atoms with Crippen LogP contribution in [0, 0.1) is 5.41 Å². The molecule has 0 saturated heterocycles. The van der Waals surface area contributed by atoms with E-state index in [1.807, 2.05) is 30.9 Å². The molecule has 2 heterocycles. The Morgan fingerprint density at radius 1 is 1.45 bits per heavy atom. The quantitative estimate of drug-likeness (QED) is 0.867. The molecule has 0 radical (unpaired) electrons. The third-order valence-electron chi connectivity index (χ3n) is 4.62. The van der Waals surface area contributed by atoms with Crippen molar-refractivity contribution in [3.8, 4) is 11.3 Å². The molecule has 2 aromatic rings. The van der Waals surface area contributed by atoms with Gasteiger partial charge in [-0.2, -0.15) is 0 Å². The van der Waals surface area contributed by atoms with Crippen molar-refractivity contribution in [2.45, 2.75) is 25.0 Å². The highest BCUT2D eigenvalue weighted by Gasteiger charge is 2.52. The normalized spacial score (nSPS) is 23.6. The van der Waals surface area contributed by atoms with E-state index in [0.717, 1.165) is 18.5 Å². The first kappa shape index (κ1) is 11.9. The van der Waals surface area contributed by atoms with E-state index < -0.39 is 6.10 Å². The van der Waals surface area contributed by atoms with Gasteiger partial charge in [-0.25, -0.2) is 4.98 Å². The molecule has 4 rings (SSSR count). The van der Waals surface area contributed by atoms with E-state index in [-0.39, 0.29) is 11.5 Å². The molecule has 1 saturated carbocycles. The summed E-state index contributed by atoms with van der Waals surface area (Å²) in [6.45, 7) is 0. The van der Waals surface area contributed by atoms with Gasteiger partial charge >= 0.3 is 0 Å². The number of hydrogen-bond donors (Lipinski definition) is 1. The molecule has 102 valence electrons. The fraction of sp³-hybridized carbons (Fsp3) is 0.375. The van der Waals surface area contributed by atoms with E-state index in [4.69, 9.17) is 0 Å². The van der Waals surface area contributed by atoms with Gasteiger partial charge in [0.1, 0.15) is 0 Å². The van der Waals surface area contributed by atoms with Crippen molar-refractivity contribution >= 4 is 6.21 Å². The van der Waals surface area contributed by atoms with Crippen LogP contribution in [0.25, 0.3) is 11.3 Å². The summed E-state index contributed by atoms with van der Waals surface area (Å²) in [6.07, 6.45) is 7.18. The van der Waals surface area contributed by atoms with E-state index in [0.29, 0.717) is 0 Å². The Labute approximate surface area is 117 Å². The highest BCUT2D eigenvalue weighted by molar-refractivity contribution is 5.73. The zero-order valence-electron chi connectivity index (χ0n) is 11.4. The second-order valence-electron chi connectivity index (χ2n) is 5.78. The average Bonchev–Trinajstić information content (AvgIpc) is 2.97. The maximum atomic E-state index is 10.9. The number of nitrogens with zero attached hydrogens (tertiary/aromatic N) is 3. The van der Waals surface area contributed by atoms with Crippen LogP contribution in [0.1, 0.15) is 24.4 Å². The number of benzene rings is 1. The molecule has 1 aromatic heterocycles. The lowest BCUT2D eigenvalue weighted by molar-refractivity contribution is 0.0910. The van der Waals surface area contributed by atoms with Gasteiger partial charge in [-0.1, -0.05) is 24.3 Å². The van der Waals surface area contributed by atoms with Crippen LogP contribution in [-0.2, 0) is 0 Å². The van der Waals surface area contributed by atoms with Gasteiger partial charge in [-0.3, -0.25) is 0 Å². The van der Waals surface area contributed by atoms with Gasteiger partial charge < -0.3 is 14.7 Å². The Balaban J connectivity index is 1.83. The molecular formula is C16H17N3O. The van der Waals surface area contributed by atoms with Gasteiger partial charge in [0, 0.05) is 24.2 Å². The lowest BCUT2D eigenvalue weighted by Gasteiger charge is -2.26. The van der Waals surface area contributed by atoms with Crippen LogP contribution in [0.15, 0.2) is 41.8 Å². The zero-order chi connectivity index (χ0) is 13.7. The summed E-state index contributed by atoms with van der Waals surface area (Å²) in [5, 5.41) is 10.9. The second-order valence-corrected chi connectivity index (χ2v) is 5.78. The largest absolute Gasteiger partial charge is 0.390 e. The van der Waals surface area contributed by atoms with E-state index in [9.17, 15) is 5.11 Å². The van der Waals surface area contributed by atoms with Crippen LogP contribution in [-0.4, -0.2) is 34.0 Å². The predicted octanol–water partition coefficient (Wildman–Crippen LogP) is 2.29. The van der Waals surface area contributed by atoms with Gasteiger partial charge in [0.2, 0.25) is 0 Å². The van der Waals surface area contributed by atoms with Crippen LogP contribution in [0.2, 0.25) is 0 Å². The van der Waals surface area contributed by atoms with Gasteiger partial charge in [0.05, 0.1) is 30.4 Å². The minimum atomic E-state index is -0.456. The van der Waals surface area contributed by atoms with Crippen molar-refractivity contribution < 1.29 is 5.11 Å². The summed E-state index contributed by atoms with van der Waals surface area (Å²) in [5.41, 5.74) is 3.30. The molecule has 4 heteroatoms. The summed E-state index contributed by atoms with van der Waals surface area (Å²) in [6, 6.07) is 8.22. The average molecular weight is 267 g/mol. The Morgan fingerprint density at radius 3 is 3.00 bits per heavy atom. The van der Waals surface area contributed by atoms with Crippen LogP contribution in [0.4, 0.5) is 0 Å². The van der Waals surface area contributed by atoms with Crippen molar-refractivity contribution in [2.24, 2.45) is 10.4 Å². The molecule has 1 aliphatic carbocycles. The highest BCUT2D eigenvalue weighted by atomic mass is 16.3. The van der Waals surface area contributed by atoms with Crippen LogP contribution >= 0.6 is 0 Å². The Morgan fingerprint density at radius 2 is 2.25 bits per heavy atom. The molecule has 0 bridgehead atoms. The molecule has 0 amide bonds. The Bertz CT molecular complexity index is 685. The molecule has 1 N–H and O–H groups in total. The standard InChI is InChI=1S/C16H17N3O/c1-17-9-16(6-7-16)15(20)14-12-5-3-2-4-11(12)13-8-18-10-19(13)14/h2-5,8-10,14-15,20H,6-7H2,1H3/t14-,15-/m1/s1. The number of hydrogen-bond acceptors (Lipinski definition) is 3. The summed E-state index contributed by atoms with van der Waals surface area (Å²) in [7, 11) is 1.78. The number of imidazole rings is 1. The molecular weight excluding hydrogens is 250 g/mol. The third kappa shape index (κ3) is 1.45. The maximum absolute atomic E-state index is 10.9. The summed E-state index contributed by atoms with van der Waals surface area (Å²) in [4.78, 5) is 8.39. The lowest BCUT2D eigenvalue weighted by Crippen LogP contribution is -2.32. The van der Waals surface area contributed by atoms with Crippen molar-refractivity contribution in [3.63, 3.8) is 0 Å². The number of fused-ring (bicyclic) bond motifs is 3. The van der Waals surface area contributed by atoms with Crippen molar-refractivity contribution in [2.75, 3.05) is 7.05 Å². The smallest absolute Gasteiger partial charge is 0.0957 e. The number of aromatic nitrogens is 2. The zero-order valence-corrected chi connectivity index (χ0v) is 11.4. The first-order valence-electron chi connectivity index (χ1n) is 6.99. The van der Waals surface area contributed by atoms with Gasteiger partial charge in [0.25, 0.3) is 0 Å². The second kappa shape index (κ2) is 4.03. The molecule has 2 atom stereocenters. The molecule has 0 unspecified atom stereocenters. The first-order valence-corrected chi connectivity index (χ1v) is 6.99. The molecule has 1 aromatic carbocycles. The fourth-order valence-electron chi connectivity index (χ4n) is 3.41.